The molecule has 0 bridgehead atoms. The minimum Gasteiger partial charge on any atom is -0.368 e. The molecule has 4 heteroatoms. The number of carbonyl (C=O) groups is 1. The van der Waals surface area contributed by atoms with Crippen molar-refractivity contribution < 1.29 is 4.79 Å². The van der Waals surface area contributed by atoms with E-state index >= 15 is 0 Å². The molecular weight excluding hydrogens is 322 g/mol. The highest BCUT2D eigenvalue weighted by Gasteiger charge is 2.23. The molecule has 1 aromatic heterocycles. The maximum Gasteiger partial charge on any atom is 0.227 e. The van der Waals surface area contributed by atoms with Gasteiger partial charge in [-0.1, -0.05) is 30.3 Å². The van der Waals surface area contributed by atoms with Crippen LogP contribution in [0.25, 0.3) is 10.9 Å². The highest BCUT2D eigenvalue weighted by atomic mass is 16.2. The van der Waals surface area contributed by atoms with Crippen molar-refractivity contribution in [1.82, 2.24) is 9.88 Å². The predicted octanol–water partition coefficient (Wildman–Crippen LogP) is 3.68. The second-order valence-electron chi connectivity index (χ2n) is 7.16. The third-order valence-electron chi connectivity index (χ3n) is 5.35. The average Bonchev–Trinajstić information content (AvgIpc) is 2.97. The van der Waals surface area contributed by atoms with Gasteiger partial charge in [0.15, 0.2) is 0 Å². The van der Waals surface area contributed by atoms with E-state index in [0.29, 0.717) is 6.42 Å². The van der Waals surface area contributed by atoms with Crippen LogP contribution in [-0.4, -0.2) is 42.0 Å². The number of hydrogen-bond donors (Lipinski definition) is 1. The molecular formula is C22H25N3O. The van der Waals surface area contributed by atoms with Gasteiger partial charge in [-0.05, 0) is 43.2 Å². The summed E-state index contributed by atoms with van der Waals surface area (Å²) in [6.45, 7) is 7.53. The van der Waals surface area contributed by atoms with Gasteiger partial charge < -0.3 is 14.8 Å². The number of amides is 1. The number of hydrogen-bond acceptors (Lipinski definition) is 2. The maximum atomic E-state index is 12.9. The number of nitrogens with one attached hydrogen (secondary N) is 1. The van der Waals surface area contributed by atoms with Gasteiger partial charge in [-0.3, -0.25) is 4.79 Å². The number of nitrogens with zero attached hydrogens (tertiary/aromatic N) is 2. The molecule has 3 aromatic rings. The van der Waals surface area contributed by atoms with E-state index in [1.807, 2.05) is 17.0 Å². The van der Waals surface area contributed by atoms with Crippen molar-refractivity contribution >= 4 is 22.5 Å². The highest BCUT2D eigenvalue weighted by molar-refractivity contribution is 5.90. The molecule has 0 atom stereocenters. The van der Waals surface area contributed by atoms with E-state index < -0.39 is 0 Å². The lowest BCUT2D eigenvalue weighted by molar-refractivity contribution is -0.130. The van der Waals surface area contributed by atoms with Crippen LogP contribution < -0.4 is 4.90 Å². The minimum absolute atomic E-state index is 0.224. The largest absolute Gasteiger partial charge is 0.368 e. The first-order valence-corrected chi connectivity index (χ1v) is 9.27. The summed E-state index contributed by atoms with van der Waals surface area (Å²) in [5.74, 6) is 0.224. The van der Waals surface area contributed by atoms with Crippen molar-refractivity contribution in [3.8, 4) is 0 Å². The van der Waals surface area contributed by atoms with E-state index in [4.69, 9.17) is 0 Å². The van der Waals surface area contributed by atoms with Crippen molar-refractivity contribution in [1.29, 1.82) is 0 Å². The van der Waals surface area contributed by atoms with Crippen molar-refractivity contribution in [2.24, 2.45) is 0 Å². The molecule has 2 aromatic carbocycles. The van der Waals surface area contributed by atoms with Crippen molar-refractivity contribution in [2.75, 3.05) is 31.1 Å². The Morgan fingerprint density at radius 1 is 1.00 bits per heavy atom. The summed E-state index contributed by atoms with van der Waals surface area (Å²) in [6, 6.07) is 16.8. The summed E-state index contributed by atoms with van der Waals surface area (Å²) in [4.78, 5) is 20.6. The lowest BCUT2D eigenvalue weighted by Gasteiger charge is -2.36. The molecule has 1 amide bonds. The van der Waals surface area contributed by atoms with Crippen molar-refractivity contribution in [2.45, 2.75) is 20.3 Å². The Balaban J connectivity index is 1.43. The van der Waals surface area contributed by atoms with Crippen LogP contribution in [0.15, 0.2) is 48.5 Å². The zero-order valence-corrected chi connectivity index (χ0v) is 15.5. The molecule has 1 fully saturated rings. The van der Waals surface area contributed by atoms with Crippen LogP contribution in [0.1, 0.15) is 16.8 Å². The Morgan fingerprint density at radius 2 is 1.77 bits per heavy atom. The predicted molar refractivity (Wildman–Crippen MR) is 107 cm³/mol. The molecule has 1 aliphatic heterocycles. The first kappa shape index (κ1) is 16.7. The zero-order valence-electron chi connectivity index (χ0n) is 15.5. The minimum atomic E-state index is 0.224. The number of carbonyl (C=O) groups excluding carboxylic acids is 1. The van der Waals surface area contributed by atoms with Crippen LogP contribution >= 0.6 is 0 Å². The van der Waals surface area contributed by atoms with Crippen molar-refractivity contribution in [3.63, 3.8) is 0 Å². The SMILES string of the molecule is Cc1cccc(N2CCN(C(=O)Cc3c(C)[nH]c4ccccc34)CC2)c1. The number of anilines is 1. The normalized spacial score (nSPS) is 14.8. The van der Waals surface area contributed by atoms with Gasteiger partial charge in [-0.25, -0.2) is 0 Å². The molecule has 1 aliphatic rings. The number of H-pyrrole nitrogens is 1. The summed E-state index contributed by atoms with van der Waals surface area (Å²) < 4.78 is 0. The van der Waals surface area contributed by atoms with Gasteiger partial charge in [0, 0.05) is 48.5 Å². The van der Waals surface area contributed by atoms with Gasteiger partial charge in [0.2, 0.25) is 5.91 Å². The fourth-order valence-corrected chi connectivity index (χ4v) is 3.86. The number of benzene rings is 2. The summed E-state index contributed by atoms with van der Waals surface area (Å²) in [5.41, 5.74) is 5.86. The Bertz CT molecular complexity index is 935. The lowest BCUT2D eigenvalue weighted by atomic mass is 10.1. The van der Waals surface area contributed by atoms with Gasteiger partial charge in [-0.15, -0.1) is 0 Å². The van der Waals surface area contributed by atoms with Crippen LogP contribution in [-0.2, 0) is 11.2 Å². The lowest BCUT2D eigenvalue weighted by Crippen LogP contribution is -2.49. The third-order valence-corrected chi connectivity index (χ3v) is 5.35. The van der Waals surface area contributed by atoms with Gasteiger partial charge in [0.25, 0.3) is 0 Å². The number of aromatic amines is 1. The van der Waals surface area contributed by atoms with Gasteiger partial charge in [0.1, 0.15) is 0 Å². The fourth-order valence-electron chi connectivity index (χ4n) is 3.86. The standard InChI is InChI=1S/C22H25N3O/c1-16-6-5-7-18(14-16)24-10-12-25(13-11-24)22(26)15-20-17(2)23-21-9-4-3-8-19(20)21/h3-9,14,23H,10-13,15H2,1-2H3. The third kappa shape index (κ3) is 3.19. The molecule has 4 rings (SSSR count). The molecule has 1 saturated heterocycles. The molecule has 4 nitrogen and oxygen atoms in total. The molecule has 1 N–H and O–H groups in total. The number of piperazine rings is 1. The molecule has 134 valence electrons. The molecule has 0 spiro atoms. The number of aryl methyl sites for hydroxylation is 2. The molecule has 0 saturated carbocycles. The Labute approximate surface area is 154 Å². The van der Waals surface area contributed by atoms with Crippen LogP contribution in [0.5, 0.6) is 0 Å². The highest BCUT2D eigenvalue weighted by Crippen LogP contribution is 2.23. The Kier molecular flexibility index (Phi) is 4.41. The van der Waals surface area contributed by atoms with E-state index in [9.17, 15) is 4.79 Å². The topological polar surface area (TPSA) is 39.3 Å². The smallest absolute Gasteiger partial charge is 0.227 e. The summed E-state index contributed by atoms with van der Waals surface area (Å²) in [5, 5.41) is 1.16. The van der Waals surface area contributed by atoms with Gasteiger partial charge in [0.05, 0.1) is 6.42 Å². The Hall–Kier alpha value is -2.75. The molecule has 2 heterocycles. The number of rotatable bonds is 3. The van der Waals surface area contributed by atoms with Crippen LogP contribution in [0.2, 0.25) is 0 Å². The van der Waals surface area contributed by atoms with E-state index in [1.165, 1.54) is 11.3 Å². The summed E-state index contributed by atoms with van der Waals surface area (Å²) in [7, 11) is 0. The second-order valence-corrected chi connectivity index (χ2v) is 7.16. The number of para-hydroxylation sites is 1. The molecule has 0 unspecified atom stereocenters. The second kappa shape index (κ2) is 6.87. The molecule has 0 radical (unpaired) electrons. The van der Waals surface area contributed by atoms with Crippen LogP contribution in [0, 0.1) is 13.8 Å². The summed E-state index contributed by atoms with van der Waals surface area (Å²) in [6.07, 6.45) is 0.473. The fraction of sp³-hybridized carbons (Fsp3) is 0.318. The quantitative estimate of drug-likeness (QED) is 0.785. The van der Waals surface area contributed by atoms with Crippen LogP contribution in [0.4, 0.5) is 5.69 Å². The first-order chi connectivity index (χ1) is 12.6. The van der Waals surface area contributed by atoms with Gasteiger partial charge in [-0.2, -0.15) is 0 Å². The van der Waals surface area contributed by atoms with Crippen LogP contribution in [0.3, 0.4) is 0 Å². The van der Waals surface area contributed by atoms with E-state index in [0.717, 1.165) is 48.3 Å². The number of fused-ring (bicyclic) bond motifs is 1. The summed E-state index contributed by atoms with van der Waals surface area (Å²) >= 11 is 0. The monoisotopic (exact) mass is 347 g/mol. The van der Waals surface area contributed by atoms with E-state index in [-0.39, 0.29) is 5.91 Å². The molecule has 26 heavy (non-hydrogen) atoms. The number of aromatic nitrogens is 1. The van der Waals surface area contributed by atoms with Gasteiger partial charge >= 0.3 is 0 Å². The van der Waals surface area contributed by atoms with E-state index in [2.05, 4.69) is 60.1 Å². The zero-order chi connectivity index (χ0) is 18.1. The Morgan fingerprint density at radius 3 is 2.54 bits per heavy atom. The average molecular weight is 347 g/mol. The van der Waals surface area contributed by atoms with E-state index in [1.54, 1.807) is 0 Å². The maximum absolute atomic E-state index is 12.9. The first-order valence-electron chi connectivity index (χ1n) is 9.27. The molecule has 0 aliphatic carbocycles. The van der Waals surface area contributed by atoms with Crippen molar-refractivity contribution in [3.05, 3.63) is 65.4 Å².